The van der Waals surface area contributed by atoms with Gasteiger partial charge in [-0.2, -0.15) is 4.98 Å². The van der Waals surface area contributed by atoms with Crippen LogP contribution in [0.15, 0.2) is 21.7 Å². The smallest absolute Gasteiger partial charge is 0.349 e. The fraction of sp³-hybridized carbons (Fsp3) is 0.444. The summed E-state index contributed by atoms with van der Waals surface area (Å²) < 4.78 is 1.35. The van der Waals surface area contributed by atoms with Crippen molar-refractivity contribution in [1.29, 1.82) is 0 Å². The molecule has 0 bridgehead atoms. The van der Waals surface area contributed by atoms with Crippen molar-refractivity contribution in [1.82, 2.24) is 19.5 Å². The number of H-pyrrole nitrogens is 1. The van der Waals surface area contributed by atoms with Gasteiger partial charge in [-0.3, -0.25) is 9.78 Å². The standard InChI is InChI=1S/C18H22N4O7/c1-7-3-9-10(4-8(7)2)22(5-11(24)14(26)15(27)12(25)6-23)16-13(19-9)17(28)21-18(29)20-16/h3-4,11-12,14-15,23-27H,5-6H2,1-2H3,(H,21,28,29)/t11-,12-,14-,15+/m0/s1. The topological polar surface area (TPSA) is 182 Å². The highest BCUT2D eigenvalue weighted by Gasteiger charge is 2.31. The van der Waals surface area contributed by atoms with Crippen LogP contribution in [-0.2, 0) is 6.54 Å². The van der Waals surface area contributed by atoms with Crippen molar-refractivity contribution >= 4 is 11.0 Å². The van der Waals surface area contributed by atoms with Crippen LogP contribution in [0.3, 0.4) is 0 Å². The number of hydrogen-bond donors (Lipinski definition) is 6. The van der Waals surface area contributed by atoms with Gasteiger partial charge in [0.25, 0.3) is 5.56 Å². The second kappa shape index (κ2) is 7.97. The van der Waals surface area contributed by atoms with Gasteiger partial charge in [0.1, 0.15) is 24.4 Å². The van der Waals surface area contributed by atoms with E-state index >= 15 is 0 Å². The molecular formula is C18H22N4O7. The average molecular weight is 406 g/mol. The summed E-state index contributed by atoms with van der Waals surface area (Å²) in [5.74, 6) is -0.0991. The van der Waals surface area contributed by atoms with Gasteiger partial charge in [0, 0.05) is 0 Å². The minimum Gasteiger partial charge on any atom is -0.394 e. The molecule has 0 saturated heterocycles. The van der Waals surface area contributed by atoms with E-state index in [1.165, 1.54) is 4.57 Å². The Morgan fingerprint density at radius 2 is 1.62 bits per heavy atom. The molecule has 3 rings (SSSR count). The molecule has 2 aliphatic heterocycles. The molecule has 0 amide bonds. The molecule has 11 heteroatoms. The normalized spacial score (nSPS) is 16.1. The Hall–Kier alpha value is -2.70. The molecule has 0 unspecified atom stereocenters. The summed E-state index contributed by atoms with van der Waals surface area (Å²) in [6.45, 7) is 2.53. The van der Waals surface area contributed by atoms with E-state index in [1.54, 1.807) is 12.1 Å². The number of rotatable bonds is 6. The number of aliphatic hydroxyl groups excluding tert-OH is 5. The predicted octanol–water partition coefficient (Wildman–Crippen LogP) is -2.36. The Morgan fingerprint density at radius 1 is 1.00 bits per heavy atom. The summed E-state index contributed by atoms with van der Waals surface area (Å²) in [7, 11) is 0. The number of nitrogens with one attached hydrogen (secondary N) is 1. The second-order valence-corrected chi connectivity index (χ2v) is 6.99. The fourth-order valence-electron chi connectivity index (χ4n) is 3.09. The van der Waals surface area contributed by atoms with Gasteiger partial charge in [-0.25, -0.2) is 9.78 Å². The van der Waals surface area contributed by atoms with Crippen molar-refractivity contribution in [2.75, 3.05) is 6.61 Å². The number of aromatic nitrogens is 4. The fourth-order valence-corrected chi connectivity index (χ4v) is 3.09. The van der Waals surface area contributed by atoms with Crippen molar-refractivity contribution in [3.05, 3.63) is 44.1 Å². The van der Waals surface area contributed by atoms with Crippen LogP contribution in [0.1, 0.15) is 11.1 Å². The van der Waals surface area contributed by atoms with Gasteiger partial charge in [0.2, 0.25) is 0 Å². The van der Waals surface area contributed by atoms with Crippen LogP contribution in [0.25, 0.3) is 22.6 Å². The molecule has 1 aromatic rings. The van der Waals surface area contributed by atoms with Gasteiger partial charge in [-0.15, -0.1) is 0 Å². The number of fused-ring (bicyclic) bond motifs is 2. The van der Waals surface area contributed by atoms with E-state index in [9.17, 15) is 30.0 Å². The zero-order valence-electron chi connectivity index (χ0n) is 15.8. The average Bonchev–Trinajstić information content (AvgIpc) is 2.68. The Morgan fingerprint density at radius 3 is 2.28 bits per heavy atom. The molecule has 1 aromatic carbocycles. The summed E-state index contributed by atoms with van der Waals surface area (Å²) in [4.78, 5) is 34.1. The minimum absolute atomic E-state index is 0.0991. The van der Waals surface area contributed by atoms with E-state index in [1.807, 2.05) is 18.8 Å². The van der Waals surface area contributed by atoms with Crippen LogP contribution in [0, 0.1) is 13.8 Å². The molecule has 29 heavy (non-hydrogen) atoms. The van der Waals surface area contributed by atoms with Crippen LogP contribution in [0.5, 0.6) is 0 Å². The minimum atomic E-state index is -1.82. The molecule has 2 aliphatic rings. The first-order chi connectivity index (χ1) is 13.6. The first-order valence-corrected chi connectivity index (χ1v) is 8.89. The number of nitrogens with zero attached hydrogens (tertiary/aromatic N) is 3. The highest BCUT2D eigenvalue weighted by atomic mass is 16.4. The van der Waals surface area contributed by atoms with Crippen LogP contribution in [0.4, 0.5) is 0 Å². The highest BCUT2D eigenvalue weighted by Crippen LogP contribution is 2.24. The third-order valence-corrected chi connectivity index (χ3v) is 4.92. The highest BCUT2D eigenvalue weighted by molar-refractivity contribution is 5.81. The summed E-state index contributed by atoms with van der Waals surface area (Å²) in [5, 5.41) is 48.9. The lowest BCUT2D eigenvalue weighted by molar-refractivity contribution is -0.117. The quantitative estimate of drug-likeness (QED) is 0.244. The molecule has 11 nitrogen and oxygen atoms in total. The Bertz CT molecular complexity index is 1130. The van der Waals surface area contributed by atoms with E-state index in [4.69, 9.17) is 5.11 Å². The summed E-state index contributed by atoms with van der Waals surface area (Å²) in [6, 6.07) is 3.47. The molecule has 0 fully saturated rings. The largest absolute Gasteiger partial charge is 0.394 e. The van der Waals surface area contributed by atoms with Crippen LogP contribution in [-0.4, -0.2) is 76.1 Å². The van der Waals surface area contributed by atoms with Crippen molar-refractivity contribution in [2.45, 2.75) is 44.8 Å². The van der Waals surface area contributed by atoms with E-state index in [0.717, 1.165) is 11.1 Å². The van der Waals surface area contributed by atoms with Gasteiger partial charge >= 0.3 is 5.69 Å². The summed E-state index contributed by atoms with van der Waals surface area (Å²) >= 11 is 0. The Labute approximate surface area is 163 Å². The first kappa shape index (κ1) is 21.0. The monoisotopic (exact) mass is 406 g/mol. The van der Waals surface area contributed by atoms with Gasteiger partial charge in [-0.1, -0.05) is 0 Å². The van der Waals surface area contributed by atoms with Gasteiger partial charge in [-0.05, 0) is 37.1 Å². The molecule has 0 spiro atoms. The van der Waals surface area contributed by atoms with Crippen LogP contribution >= 0.6 is 0 Å². The molecule has 0 aromatic heterocycles. The number of benzene rings is 1. The first-order valence-electron chi connectivity index (χ1n) is 8.89. The third-order valence-electron chi connectivity index (χ3n) is 4.92. The number of hydrogen-bond acceptors (Lipinski definition) is 9. The van der Waals surface area contributed by atoms with E-state index in [-0.39, 0.29) is 18.1 Å². The van der Waals surface area contributed by atoms with Gasteiger partial charge in [0.15, 0.2) is 11.5 Å². The zero-order chi connectivity index (χ0) is 21.5. The van der Waals surface area contributed by atoms with Crippen molar-refractivity contribution in [3.63, 3.8) is 0 Å². The molecule has 0 saturated carbocycles. The number of aromatic amines is 1. The van der Waals surface area contributed by atoms with Crippen molar-refractivity contribution in [2.24, 2.45) is 0 Å². The number of aryl methyl sites for hydroxylation is 2. The molecule has 0 aliphatic carbocycles. The zero-order valence-corrected chi connectivity index (χ0v) is 15.8. The van der Waals surface area contributed by atoms with Crippen LogP contribution in [0.2, 0.25) is 0 Å². The Balaban J connectivity index is 2.19. The van der Waals surface area contributed by atoms with E-state index < -0.39 is 42.3 Å². The molecule has 4 atom stereocenters. The lowest BCUT2D eigenvalue weighted by Gasteiger charge is -2.27. The molecule has 2 heterocycles. The summed E-state index contributed by atoms with van der Waals surface area (Å²) in [5.41, 5.74) is 0.864. The molecule has 6 N–H and O–H groups in total. The maximum Gasteiger partial charge on any atom is 0.349 e. The SMILES string of the molecule is Cc1cc2nc3c(=O)[nH]c(=O)nc-3n(C[C@H](O)[C@H](O)[C@H](O)[C@@H](O)CO)c2cc1C. The lowest BCUT2D eigenvalue weighted by atomic mass is 10.0. The second-order valence-electron chi connectivity index (χ2n) is 6.99. The maximum atomic E-state index is 12.2. The van der Waals surface area contributed by atoms with Crippen molar-refractivity contribution < 1.29 is 25.5 Å². The molecule has 0 radical (unpaired) electrons. The third kappa shape index (κ3) is 3.91. The maximum absolute atomic E-state index is 12.2. The van der Waals surface area contributed by atoms with Gasteiger partial charge in [0.05, 0.1) is 24.2 Å². The van der Waals surface area contributed by atoms with E-state index in [2.05, 4.69) is 9.97 Å². The summed E-state index contributed by atoms with van der Waals surface area (Å²) in [6.07, 6.45) is -6.91. The molecule has 156 valence electrons. The predicted molar refractivity (Wildman–Crippen MR) is 102 cm³/mol. The Kier molecular flexibility index (Phi) is 5.78. The van der Waals surface area contributed by atoms with Crippen LogP contribution < -0.4 is 11.2 Å². The molecular weight excluding hydrogens is 384 g/mol. The van der Waals surface area contributed by atoms with Crippen molar-refractivity contribution in [3.8, 4) is 11.5 Å². The van der Waals surface area contributed by atoms with Gasteiger partial charge < -0.3 is 30.1 Å². The lowest BCUT2D eigenvalue weighted by Crippen LogP contribution is -2.47. The number of aliphatic hydroxyl groups is 5. The van der Waals surface area contributed by atoms with E-state index in [0.29, 0.717) is 11.0 Å².